The van der Waals surface area contributed by atoms with Crippen LogP contribution < -0.4 is 0 Å². The largest absolute Gasteiger partial charge is 0.0996 e. The van der Waals surface area contributed by atoms with E-state index in [1.807, 2.05) is 0 Å². The first kappa shape index (κ1) is 11.8. The zero-order chi connectivity index (χ0) is 11.3. The summed E-state index contributed by atoms with van der Waals surface area (Å²) in [5, 5.41) is 0. The maximum Gasteiger partial charge on any atom is -0.00511 e. The topological polar surface area (TPSA) is 0 Å². The Labute approximate surface area is 93.3 Å². The number of hydrogen-bond donors (Lipinski definition) is 0. The molecular weight excluding hydrogens is 180 g/mol. The third-order valence-corrected chi connectivity index (χ3v) is 2.75. The molecule has 1 aromatic rings. The van der Waals surface area contributed by atoms with E-state index in [2.05, 4.69) is 63.8 Å². The zero-order valence-corrected chi connectivity index (χ0v) is 9.96. The molecule has 0 heterocycles. The van der Waals surface area contributed by atoms with E-state index >= 15 is 0 Å². The quantitative estimate of drug-likeness (QED) is 0.618. The predicted octanol–water partition coefficient (Wildman–Crippen LogP) is 4.69. The van der Waals surface area contributed by atoms with Gasteiger partial charge in [-0.3, -0.25) is 0 Å². The first-order chi connectivity index (χ1) is 7.15. The van der Waals surface area contributed by atoms with E-state index in [9.17, 15) is 0 Å². The molecule has 0 bridgehead atoms. The fourth-order valence-corrected chi connectivity index (χ4v) is 1.51. The van der Waals surface area contributed by atoms with Gasteiger partial charge in [0.1, 0.15) is 0 Å². The van der Waals surface area contributed by atoms with E-state index in [0.29, 0.717) is 5.92 Å². The minimum atomic E-state index is 0.458. The number of allylic oxidation sites excluding steroid dienone is 3. The van der Waals surface area contributed by atoms with Gasteiger partial charge in [0.15, 0.2) is 0 Å². The Kier molecular flexibility index (Phi) is 4.36. The third-order valence-electron chi connectivity index (χ3n) is 2.75. The van der Waals surface area contributed by atoms with Gasteiger partial charge in [-0.15, -0.1) is 0 Å². The minimum absolute atomic E-state index is 0.458. The van der Waals surface area contributed by atoms with Crippen molar-refractivity contribution in [3.05, 3.63) is 54.1 Å². The minimum Gasteiger partial charge on any atom is -0.0996 e. The number of hydrogen-bond acceptors (Lipinski definition) is 0. The van der Waals surface area contributed by atoms with Gasteiger partial charge in [0.05, 0.1) is 0 Å². The Morgan fingerprint density at radius 3 is 2.40 bits per heavy atom. The summed E-state index contributed by atoms with van der Waals surface area (Å²) in [5.74, 6) is 0.458. The smallest absolute Gasteiger partial charge is 0.00511 e. The van der Waals surface area contributed by atoms with E-state index in [-0.39, 0.29) is 0 Å². The Hall–Kier alpha value is -1.30. The maximum absolute atomic E-state index is 3.99. The van der Waals surface area contributed by atoms with Crippen molar-refractivity contribution in [2.24, 2.45) is 5.92 Å². The lowest BCUT2D eigenvalue weighted by Crippen LogP contribution is -1.92. The van der Waals surface area contributed by atoms with Crippen LogP contribution >= 0.6 is 0 Å². The van der Waals surface area contributed by atoms with Crippen LogP contribution in [-0.2, 0) is 0 Å². The van der Waals surface area contributed by atoms with E-state index in [0.717, 1.165) is 6.42 Å². The second-order valence-electron chi connectivity index (χ2n) is 4.05. The van der Waals surface area contributed by atoms with Crippen molar-refractivity contribution in [3.63, 3.8) is 0 Å². The lowest BCUT2D eigenvalue weighted by molar-refractivity contribution is 0.865. The second kappa shape index (κ2) is 5.55. The van der Waals surface area contributed by atoms with Gasteiger partial charge in [-0.1, -0.05) is 62.4 Å². The van der Waals surface area contributed by atoms with Crippen molar-refractivity contribution < 1.29 is 0 Å². The number of rotatable bonds is 4. The zero-order valence-electron chi connectivity index (χ0n) is 9.96. The van der Waals surface area contributed by atoms with Crippen LogP contribution in [0, 0.1) is 5.92 Å². The van der Waals surface area contributed by atoms with Gasteiger partial charge in [-0.25, -0.2) is 0 Å². The summed E-state index contributed by atoms with van der Waals surface area (Å²) in [4.78, 5) is 0. The van der Waals surface area contributed by atoms with Crippen molar-refractivity contribution >= 4 is 5.57 Å². The third kappa shape index (κ3) is 3.39. The van der Waals surface area contributed by atoms with Gasteiger partial charge in [0.25, 0.3) is 0 Å². The monoisotopic (exact) mass is 200 g/mol. The summed E-state index contributed by atoms with van der Waals surface area (Å²) in [5.41, 5.74) is 3.95. The fourth-order valence-electron chi connectivity index (χ4n) is 1.51. The summed E-state index contributed by atoms with van der Waals surface area (Å²) in [7, 11) is 0. The Morgan fingerprint density at radius 1 is 1.33 bits per heavy atom. The highest BCUT2D eigenvalue weighted by molar-refractivity contribution is 5.65. The molecule has 0 radical (unpaired) electrons. The van der Waals surface area contributed by atoms with Crippen LogP contribution in [-0.4, -0.2) is 0 Å². The van der Waals surface area contributed by atoms with Crippen LogP contribution in [0.2, 0.25) is 0 Å². The molecule has 0 aliphatic rings. The molecule has 0 heteroatoms. The van der Waals surface area contributed by atoms with Gasteiger partial charge >= 0.3 is 0 Å². The molecule has 0 N–H and O–H groups in total. The van der Waals surface area contributed by atoms with Crippen LogP contribution in [0.25, 0.3) is 5.57 Å². The van der Waals surface area contributed by atoms with E-state index in [1.54, 1.807) is 0 Å². The molecule has 0 amide bonds. The van der Waals surface area contributed by atoms with Crippen molar-refractivity contribution in [1.82, 2.24) is 0 Å². The maximum atomic E-state index is 3.99. The number of benzene rings is 1. The normalized spacial score (nSPS) is 13.7. The molecule has 0 aliphatic heterocycles. The van der Waals surface area contributed by atoms with Gasteiger partial charge in [-0.05, 0) is 30.4 Å². The van der Waals surface area contributed by atoms with E-state index in [4.69, 9.17) is 0 Å². The standard InChI is InChI=1S/C15H20/c1-5-14(11-13(4)12(2)3)15-9-7-6-8-10-15/h6-11,13H,2,5H2,1,3-4H3/b14-11+. The van der Waals surface area contributed by atoms with Crippen LogP contribution in [0.5, 0.6) is 0 Å². The first-order valence-electron chi connectivity index (χ1n) is 5.56. The summed E-state index contributed by atoms with van der Waals surface area (Å²) < 4.78 is 0. The second-order valence-corrected chi connectivity index (χ2v) is 4.05. The molecule has 0 fully saturated rings. The molecule has 0 aromatic heterocycles. The molecule has 1 aromatic carbocycles. The van der Waals surface area contributed by atoms with Gasteiger partial charge in [-0.2, -0.15) is 0 Å². The SMILES string of the molecule is C=C(C)C(C)/C=C(\CC)c1ccccc1. The summed E-state index contributed by atoms with van der Waals surface area (Å²) in [6, 6.07) is 10.6. The van der Waals surface area contributed by atoms with Crippen molar-refractivity contribution in [1.29, 1.82) is 0 Å². The van der Waals surface area contributed by atoms with Crippen LogP contribution in [0.1, 0.15) is 32.8 Å². The lowest BCUT2D eigenvalue weighted by atomic mass is 9.95. The highest BCUT2D eigenvalue weighted by atomic mass is 14.1. The summed E-state index contributed by atoms with van der Waals surface area (Å²) in [6.07, 6.45) is 3.39. The molecule has 0 saturated heterocycles. The highest BCUT2D eigenvalue weighted by Crippen LogP contribution is 2.22. The Morgan fingerprint density at radius 2 is 1.93 bits per heavy atom. The van der Waals surface area contributed by atoms with E-state index in [1.165, 1.54) is 16.7 Å². The molecule has 0 aliphatic carbocycles. The molecule has 15 heavy (non-hydrogen) atoms. The molecule has 0 saturated carbocycles. The molecule has 0 nitrogen and oxygen atoms in total. The molecule has 0 spiro atoms. The molecule has 1 atom stereocenters. The Balaban J connectivity index is 2.94. The van der Waals surface area contributed by atoms with E-state index < -0.39 is 0 Å². The lowest BCUT2D eigenvalue weighted by Gasteiger charge is -2.10. The Bertz CT molecular complexity index is 344. The summed E-state index contributed by atoms with van der Waals surface area (Å²) >= 11 is 0. The van der Waals surface area contributed by atoms with Crippen molar-refractivity contribution in [2.45, 2.75) is 27.2 Å². The van der Waals surface area contributed by atoms with Crippen molar-refractivity contribution in [2.75, 3.05) is 0 Å². The van der Waals surface area contributed by atoms with Gasteiger partial charge in [0, 0.05) is 0 Å². The fraction of sp³-hybridized carbons (Fsp3) is 0.333. The van der Waals surface area contributed by atoms with Gasteiger partial charge in [0.2, 0.25) is 0 Å². The molecule has 1 rings (SSSR count). The molecular formula is C15H20. The van der Waals surface area contributed by atoms with Crippen LogP contribution in [0.4, 0.5) is 0 Å². The van der Waals surface area contributed by atoms with Crippen LogP contribution in [0.3, 0.4) is 0 Å². The summed E-state index contributed by atoms with van der Waals surface area (Å²) in [6.45, 7) is 10.5. The predicted molar refractivity (Wildman–Crippen MR) is 68.7 cm³/mol. The van der Waals surface area contributed by atoms with Gasteiger partial charge < -0.3 is 0 Å². The molecule has 1 unspecified atom stereocenters. The highest BCUT2D eigenvalue weighted by Gasteiger charge is 2.02. The molecule has 80 valence electrons. The average molecular weight is 200 g/mol. The van der Waals surface area contributed by atoms with Crippen molar-refractivity contribution in [3.8, 4) is 0 Å². The average Bonchev–Trinajstić information content (AvgIpc) is 2.26. The van der Waals surface area contributed by atoms with Crippen LogP contribution in [0.15, 0.2) is 48.6 Å². The first-order valence-corrected chi connectivity index (χ1v) is 5.56.